The molecule has 1 rings (SSSR count). The number of hydrogen-bond acceptors (Lipinski definition) is 5. The van der Waals surface area contributed by atoms with Crippen LogP contribution in [-0.4, -0.2) is 21.7 Å². The normalized spacial score (nSPS) is 13.1. The van der Waals surface area contributed by atoms with Crippen molar-refractivity contribution in [2.45, 2.75) is 77.7 Å². The van der Waals surface area contributed by atoms with E-state index in [1.807, 2.05) is 20.8 Å². The van der Waals surface area contributed by atoms with Crippen LogP contribution in [0.4, 0.5) is 0 Å². The Bertz CT molecular complexity index is 437. The van der Waals surface area contributed by atoms with Crippen molar-refractivity contribution in [3.05, 3.63) is 10.4 Å². The van der Waals surface area contributed by atoms with Crippen LogP contribution >= 0.6 is 11.3 Å². The molecule has 0 saturated carbocycles. The zero-order valence-corrected chi connectivity index (χ0v) is 14.3. The van der Waals surface area contributed by atoms with Crippen LogP contribution in [0.15, 0.2) is 5.38 Å². The molecule has 5 heteroatoms. The summed E-state index contributed by atoms with van der Waals surface area (Å²) in [4.78, 5) is 15.7. The van der Waals surface area contributed by atoms with Crippen LogP contribution < -0.4 is 0 Å². The standard InChI is InChI=1S/C16H27NO3S/c1-5-12(15-17-13(18)11-21-15)9-7-6-8-10-14(19)20-16(2,3)4/h11-12,18H,5-10H2,1-4H3. The Balaban J connectivity index is 2.20. The van der Waals surface area contributed by atoms with Gasteiger partial charge < -0.3 is 9.84 Å². The second-order valence-electron chi connectivity index (χ2n) is 6.33. The van der Waals surface area contributed by atoms with Crippen molar-refractivity contribution in [1.29, 1.82) is 0 Å². The van der Waals surface area contributed by atoms with Crippen LogP contribution in [0.2, 0.25) is 0 Å². The number of unbranched alkanes of at least 4 members (excludes halogenated alkanes) is 2. The molecule has 0 aliphatic rings. The van der Waals surface area contributed by atoms with E-state index in [0.717, 1.165) is 37.1 Å². The topological polar surface area (TPSA) is 59.4 Å². The molecule has 1 atom stereocenters. The van der Waals surface area contributed by atoms with E-state index in [1.165, 1.54) is 11.3 Å². The Morgan fingerprint density at radius 3 is 2.62 bits per heavy atom. The van der Waals surface area contributed by atoms with Gasteiger partial charge in [-0.25, -0.2) is 4.98 Å². The largest absolute Gasteiger partial charge is 0.493 e. The van der Waals surface area contributed by atoms with Gasteiger partial charge in [0.15, 0.2) is 0 Å². The van der Waals surface area contributed by atoms with Crippen LogP contribution in [0.25, 0.3) is 0 Å². The third-order valence-electron chi connectivity index (χ3n) is 3.21. The Hall–Kier alpha value is -1.10. The third-order valence-corrected chi connectivity index (χ3v) is 4.20. The van der Waals surface area contributed by atoms with Crippen molar-refractivity contribution >= 4 is 17.3 Å². The first-order chi connectivity index (χ1) is 9.81. The molecule has 0 aliphatic carbocycles. The van der Waals surface area contributed by atoms with Gasteiger partial charge in [-0.1, -0.05) is 19.8 Å². The van der Waals surface area contributed by atoms with Gasteiger partial charge in [0, 0.05) is 12.3 Å². The highest BCUT2D eigenvalue weighted by Crippen LogP contribution is 2.30. The lowest BCUT2D eigenvalue weighted by Crippen LogP contribution is -2.23. The number of carbonyl (C=O) groups excluding carboxylic acids is 1. The third kappa shape index (κ3) is 7.46. The molecular weight excluding hydrogens is 286 g/mol. The quantitative estimate of drug-likeness (QED) is 0.561. The molecule has 1 aromatic heterocycles. The SMILES string of the molecule is CCC(CCCCCC(=O)OC(C)(C)C)c1nc(O)cs1. The second kappa shape index (κ2) is 8.37. The minimum atomic E-state index is -0.392. The summed E-state index contributed by atoms with van der Waals surface area (Å²) in [7, 11) is 0. The minimum Gasteiger partial charge on any atom is -0.493 e. The summed E-state index contributed by atoms with van der Waals surface area (Å²) in [6.45, 7) is 7.81. The van der Waals surface area contributed by atoms with E-state index >= 15 is 0 Å². The van der Waals surface area contributed by atoms with Crippen LogP contribution in [0.3, 0.4) is 0 Å². The molecule has 0 spiro atoms. The molecule has 4 nitrogen and oxygen atoms in total. The predicted octanol–water partition coefficient (Wildman–Crippen LogP) is 4.63. The smallest absolute Gasteiger partial charge is 0.306 e. The van der Waals surface area contributed by atoms with Crippen LogP contribution in [0.5, 0.6) is 5.88 Å². The Kier molecular flexibility index (Phi) is 7.15. The number of esters is 1. The van der Waals surface area contributed by atoms with Crippen LogP contribution in [-0.2, 0) is 9.53 Å². The predicted molar refractivity (Wildman–Crippen MR) is 85.7 cm³/mol. The molecule has 1 N–H and O–H groups in total. The maximum absolute atomic E-state index is 11.6. The van der Waals surface area contributed by atoms with Crippen LogP contribution in [0.1, 0.15) is 77.1 Å². The Morgan fingerprint density at radius 1 is 1.38 bits per heavy atom. The first-order valence-corrected chi connectivity index (χ1v) is 8.56. The molecule has 0 bridgehead atoms. The summed E-state index contributed by atoms with van der Waals surface area (Å²) < 4.78 is 5.28. The Morgan fingerprint density at radius 2 is 2.10 bits per heavy atom. The highest BCUT2D eigenvalue weighted by molar-refractivity contribution is 7.09. The van der Waals surface area contributed by atoms with Gasteiger partial charge in [0.05, 0.1) is 10.4 Å². The van der Waals surface area contributed by atoms with E-state index in [4.69, 9.17) is 4.74 Å². The van der Waals surface area contributed by atoms with Gasteiger partial charge in [-0.2, -0.15) is 0 Å². The van der Waals surface area contributed by atoms with E-state index < -0.39 is 5.60 Å². The molecule has 0 radical (unpaired) electrons. The summed E-state index contributed by atoms with van der Waals surface area (Å²) in [6.07, 6.45) is 5.53. The van der Waals surface area contributed by atoms with Crippen molar-refractivity contribution < 1.29 is 14.6 Å². The number of aromatic hydroxyl groups is 1. The van der Waals surface area contributed by atoms with Crippen molar-refractivity contribution in [2.24, 2.45) is 0 Å². The fraction of sp³-hybridized carbons (Fsp3) is 0.750. The number of nitrogens with zero attached hydrogens (tertiary/aromatic N) is 1. The number of hydrogen-bond donors (Lipinski definition) is 1. The minimum absolute atomic E-state index is 0.112. The molecule has 21 heavy (non-hydrogen) atoms. The molecule has 0 aliphatic heterocycles. The lowest BCUT2D eigenvalue weighted by atomic mass is 9.99. The number of aromatic nitrogens is 1. The lowest BCUT2D eigenvalue weighted by molar-refractivity contribution is -0.154. The van der Waals surface area contributed by atoms with Crippen LogP contribution in [0, 0.1) is 0 Å². The maximum Gasteiger partial charge on any atom is 0.306 e. The first-order valence-electron chi connectivity index (χ1n) is 7.68. The van der Waals surface area contributed by atoms with Gasteiger partial charge in [-0.3, -0.25) is 4.79 Å². The molecule has 0 saturated heterocycles. The average Bonchev–Trinajstić information content (AvgIpc) is 2.78. The second-order valence-corrected chi connectivity index (χ2v) is 7.22. The number of rotatable bonds is 8. The molecular formula is C16H27NO3S. The highest BCUT2D eigenvalue weighted by atomic mass is 32.1. The summed E-state index contributed by atoms with van der Waals surface area (Å²) in [5.74, 6) is 0.426. The van der Waals surface area contributed by atoms with Gasteiger partial charge in [0.2, 0.25) is 5.88 Å². The monoisotopic (exact) mass is 313 g/mol. The number of thiazole rings is 1. The van der Waals surface area contributed by atoms with E-state index in [0.29, 0.717) is 12.3 Å². The molecule has 1 aromatic rings. The Labute approximate surface area is 131 Å². The van der Waals surface area contributed by atoms with Crippen molar-refractivity contribution in [1.82, 2.24) is 4.98 Å². The average molecular weight is 313 g/mol. The summed E-state index contributed by atoms with van der Waals surface area (Å²) in [5.41, 5.74) is -0.392. The summed E-state index contributed by atoms with van der Waals surface area (Å²) in [5, 5.41) is 12.0. The summed E-state index contributed by atoms with van der Waals surface area (Å²) >= 11 is 1.52. The van der Waals surface area contributed by atoms with E-state index in [2.05, 4.69) is 11.9 Å². The van der Waals surface area contributed by atoms with E-state index in [1.54, 1.807) is 5.38 Å². The fourth-order valence-corrected chi connectivity index (χ4v) is 3.10. The molecule has 0 fully saturated rings. The molecule has 0 aromatic carbocycles. The van der Waals surface area contributed by atoms with E-state index in [9.17, 15) is 9.90 Å². The van der Waals surface area contributed by atoms with Crippen molar-refractivity contribution in [3.8, 4) is 5.88 Å². The van der Waals surface area contributed by atoms with Gasteiger partial charge in [-0.05, 0) is 40.0 Å². The number of carbonyl (C=O) groups is 1. The lowest BCUT2D eigenvalue weighted by Gasteiger charge is -2.19. The molecule has 1 unspecified atom stereocenters. The van der Waals surface area contributed by atoms with Gasteiger partial charge in [-0.15, -0.1) is 11.3 Å². The molecule has 0 amide bonds. The van der Waals surface area contributed by atoms with Crippen molar-refractivity contribution in [3.63, 3.8) is 0 Å². The molecule has 120 valence electrons. The summed E-state index contributed by atoms with van der Waals surface area (Å²) in [6, 6.07) is 0. The molecule has 1 heterocycles. The van der Waals surface area contributed by atoms with E-state index in [-0.39, 0.29) is 11.8 Å². The zero-order chi connectivity index (χ0) is 15.9. The maximum atomic E-state index is 11.6. The first kappa shape index (κ1) is 18.0. The van der Waals surface area contributed by atoms with Gasteiger partial charge >= 0.3 is 5.97 Å². The number of ether oxygens (including phenoxy) is 1. The highest BCUT2D eigenvalue weighted by Gasteiger charge is 2.16. The van der Waals surface area contributed by atoms with Crippen molar-refractivity contribution in [2.75, 3.05) is 0 Å². The van der Waals surface area contributed by atoms with Gasteiger partial charge in [0.25, 0.3) is 0 Å². The van der Waals surface area contributed by atoms with Gasteiger partial charge in [0.1, 0.15) is 5.60 Å². The zero-order valence-electron chi connectivity index (χ0n) is 13.5. The fourth-order valence-electron chi connectivity index (χ4n) is 2.20.